The minimum absolute atomic E-state index is 0.210. The molecule has 0 heterocycles. The Morgan fingerprint density at radius 3 is 2.18 bits per heavy atom. The molecule has 0 spiro atoms. The summed E-state index contributed by atoms with van der Waals surface area (Å²) in [6.07, 6.45) is 9.66. The summed E-state index contributed by atoms with van der Waals surface area (Å²) in [6.45, 7) is 4.09. The minimum Gasteiger partial charge on any atom is -0.342 e. The fraction of sp³-hybridized carbons (Fsp3) is 0.923. The van der Waals surface area contributed by atoms with Gasteiger partial charge in [0.05, 0.1) is 0 Å². The first-order valence-electron chi connectivity index (χ1n) is 6.80. The third-order valence-corrected chi connectivity index (χ3v) is 2.93. The Labute approximate surface area is 108 Å². The Kier molecular flexibility index (Phi) is 9.01. The van der Waals surface area contributed by atoms with Gasteiger partial charge in [-0.2, -0.15) is 0 Å². The lowest BCUT2D eigenvalue weighted by atomic mass is 9.75. The summed E-state index contributed by atoms with van der Waals surface area (Å²) in [4.78, 5) is 11.1. The molecule has 2 radical (unpaired) electrons. The molecule has 0 bridgehead atoms. The van der Waals surface area contributed by atoms with Crippen molar-refractivity contribution in [3.8, 4) is 0 Å². The average molecular weight is 238 g/mol. The largest absolute Gasteiger partial charge is 0.342 e. The fourth-order valence-electron chi connectivity index (χ4n) is 1.83. The number of unbranched alkanes of at least 4 members (excludes halogenated alkanes) is 6. The van der Waals surface area contributed by atoms with Crippen LogP contribution in [0.25, 0.3) is 0 Å². The van der Waals surface area contributed by atoms with Crippen molar-refractivity contribution in [2.45, 2.75) is 70.7 Å². The molecular weight excluding hydrogens is 211 g/mol. The summed E-state index contributed by atoms with van der Waals surface area (Å²) in [5.41, 5.74) is -0.594. The van der Waals surface area contributed by atoms with Gasteiger partial charge in [-0.25, -0.2) is 4.79 Å². The van der Waals surface area contributed by atoms with E-state index in [4.69, 9.17) is 7.85 Å². The van der Waals surface area contributed by atoms with Gasteiger partial charge in [-0.05, 0) is 11.9 Å². The van der Waals surface area contributed by atoms with Gasteiger partial charge in [0, 0.05) is 7.05 Å². The second kappa shape index (κ2) is 9.37. The molecule has 0 aromatic rings. The highest BCUT2D eigenvalue weighted by Crippen LogP contribution is 2.13. The highest BCUT2D eigenvalue weighted by Gasteiger charge is 2.18. The van der Waals surface area contributed by atoms with Crippen LogP contribution in [0.4, 0.5) is 4.79 Å². The van der Waals surface area contributed by atoms with Crippen LogP contribution in [0.15, 0.2) is 0 Å². The zero-order chi connectivity index (χ0) is 13.1. The average Bonchev–Trinajstić information content (AvgIpc) is 2.27. The lowest BCUT2D eigenvalue weighted by Gasteiger charge is -2.26. The predicted molar refractivity (Wildman–Crippen MR) is 74.4 cm³/mol. The van der Waals surface area contributed by atoms with Crippen LogP contribution in [0.3, 0.4) is 0 Å². The maximum absolute atomic E-state index is 11.1. The van der Waals surface area contributed by atoms with Crippen molar-refractivity contribution in [2.24, 2.45) is 0 Å². The molecule has 98 valence electrons. The fourth-order valence-corrected chi connectivity index (χ4v) is 1.83. The quantitative estimate of drug-likeness (QED) is 0.470. The highest BCUT2D eigenvalue weighted by atomic mass is 16.2. The van der Waals surface area contributed by atoms with Gasteiger partial charge < -0.3 is 10.6 Å². The Bertz CT molecular complexity index is 208. The van der Waals surface area contributed by atoms with Crippen molar-refractivity contribution in [3.05, 3.63) is 0 Å². The molecule has 0 saturated carbocycles. The predicted octanol–water partition coefficient (Wildman–Crippen LogP) is 2.94. The first kappa shape index (κ1) is 16.3. The second-order valence-electron chi connectivity index (χ2n) is 4.99. The van der Waals surface area contributed by atoms with Crippen LogP contribution in [0.2, 0.25) is 0 Å². The molecular formula is C13H27BN2O. The Balaban J connectivity index is 3.48. The SMILES string of the molecule is [B]C(C)(CCCCCCCCC)NC(=O)NC. The highest BCUT2D eigenvalue weighted by molar-refractivity contribution is 6.16. The van der Waals surface area contributed by atoms with Crippen molar-refractivity contribution in [1.82, 2.24) is 10.6 Å². The van der Waals surface area contributed by atoms with Gasteiger partial charge in [0.1, 0.15) is 7.85 Å². The van der Waals surface area contributed by atoms with Crippen molar-refractivity contribution in [1.29, 1.82) is 0 Å². The van der Waals surface area contributed by atoms with E-state index in [0.717, 1.165) is 12.8 Å². The molecule has 0 fully saturated rings. The van der Waals surface area contributed by atoms with Gasteiger partial charge in [-0.1, -0.05) is 58.8 Å². The molecule has 2 N–H and O–H groups in total. The number of carbonyl (C=O) groups excluding carboxylic acids is 1. The first-order valence-corrected chi connectivity index (χ1v) is 6.80. The van der Waals surface area contributed by atoms with E-state index in [9.17, 15) is 4.79 Å². The molecule has 0 aromatic heterocycles. The number of nitrogens with one attached hydrogen (secondary N) is 2. The maximum atomic E-state index is 11.1. The molecule has 0 aliphatic rings. The molecule has 0 rings (SSSR count). The van der Waals surface area contributed by atoms with E-state index in [1.165, 1.54) is 38.5 Å². The molecule has 0 aromatic carbocycles. The Hall–Kier alpha value is -0.665. The molecule has 4 heteroatoms. The number of rotatable bonds is 9. The monoisotopic (exact) mass is 238 g/mol. The third kappa shape index (κ3) is 10.2. The van der Waals surface area contributed by atoms with Gasteiger partial charge in [0.25, 0.3) is 0 Å². The number of hydrogen-bond acceptors (Lipinski definition) is 1. The molecule has 17 heavy (non-hydrogen) atoms. The molecule has 1 unspecified atom stereocenters. The maximum Gasteiger partial charge on any atom is 0.314 e. The number of carbonyl (C=O) groups is 1. The molecule has 2 amide bonds. The van der Waals surface area contributed by atoms with E-state index < -0.39 is 5.44 Å². The van der Waals surface area contributed by atoms with Crippen molar-refractivity contribution >= 4 is 13.9 Å². The standard InChI is InChI=1S/C13H27BN2O/c1-4-5-6-7-8-9-10-11-13(2,14)16-12(17)15-3/h4-11H2,1-3H3,(H2,15,16,17). The van der Waals surface area contributed by atoms with Crippen molar-refractivity contribution in [2.75, 3.05) is 7.05 Å². The lowest BCUT2D eigenvalue weighted by Crippen LogP contribution is -2.49. The Morgan fingerprint density at radius 1 is 1.12 bits per heavy atom. The number of hydrogen-bond donors (Lipinski definition) is 2. The van der Waals surface area contributed by atoms with Crippen LogP contribution < -0.4 is 10.6 Å². The van der Waals surface area contributed by atoms with Gasteiger partial charge in [-0.15, -0.1) is 0 Å². The Morgan fingerprint density at radius 2 is 1.65 bits per heavy atom. The van der Waals surface area contributed by atoms with Gasteiger partial charge in [-0.3, -0.25) is 0 Å². The number of amides is 2. The van der Waals surface area contributed by atoms with Crippen LogP contribution in [-0.4, -0.2) is 26.4 Å². The normalized spacial score (nSPS) is 14.1. The van der Waals surface area contributed by atoms with E-state index in [1.807, 2.05) is 6.92 Å². The molecule has 0 aliphatic heterocycles. The summed E-state index contributed by atoms with van der Waals surface area (Å²) < 4.78 is 0. The lowest BCUT2D eigenvalue weighted by molar-refractivity contribution is 0.236. The van der Waals surface area contributed by atoms with Gasteiger partial charge in [0.2, 0.25) is 0 Å². The van der Waals surface area contributed by atoms with Crippen molar-refractivity contribution < 1.29 is 4.79 Å². The summed E-state index contributed by atoms with van der Waals surface area (Å²) in [5.74, 6) is 0. The first-order chi connectivity index (χ1) is 8.02. The van der Waals surface area contributed by atoms with E-state index >= 15 is 0 Å². The van der Waals surface area contributed by atoms with Crippen LogP contribution in [0.1, 0.15) is 65.2 Å². The summed E-state index contributed by atoms with van der Waals surface area (Å²) in [5, 5.41) is 5.26. The number of urea groups is 1. The van der Waals surface area contributed by atoms with Gasteiger partial charge in [0.15, 0.2) is 0 Å². The van der Waals surface area contributed by atoms with E-state index in [1.54, 1.807) is 7.05 Å². The van der Waals surface area contributed by atoms with E-state index in [2.05, 4.69) is 17.6 Å². The van der Waals surface area contributed by atoms with Crippen LogP contribution >= 0.6 is 0 Å². The molecule has 1 atom stereocenters. The smallest absolute Gasteiger partial charge is 0.314 e. The summed E-state index contributed by atoms with van der Waals surface area (Å²) >= 11 is 0. The van der Waals surface area contributed by atoms with Gasteiger partial charge >= 0.3 is 6.03 Å². The minimum atomic E-state index is -0.594. The zero-order valence-corrected chi connectivity index (χ0v) is 11.6. The summed E-state index contributed by atoms with van der Waals surface area (Å²) in [7, 11) is 7.58. The summed E-state index contributed by atoms with van der Waals surface area (Å²) in [6, 6.07) is -0.210. The van der Waals surface area contributed by atoms with E-state index in [0.29, 0.717) is 0 Å². The molecule has 3 nitrogen and oxygen atoms in total. The molecule has 0 aliphatic carbocycles. The van der Waals surface area contributed by atoms with Crippen molar-refractivity contribution in [3.63, 3.8) is 0 Å². The van der Waals surface area contributed by atoms with Crippen LogP contribution in [0, 0.1) is 0 Å². The van der Waals surface area contributed by atoms with Crippen LogP contribution in [-0.2, 0) is 0 Å². The zero-order valence-electron chi connectivity index (χ0n) is 11.6. The molecule has 0 saturated heterocycles. The topological polar surface area (TPSA) is 41.1 Å². The van der Waals surface area contributed by atoms with E-state index in [-0.39, 0.29) is 6.03 Å². The second-order valence-corrected chi connectivity index (χ2v) is 4.99. The van der Waals surface area contributed by atoms with Crippen LogP contribution in [0.5, 0.6) is 0 Å². The third-order valence-electron chi connectivity index (χ3n) is 2.93.